The van der Waals surface area contributed by atoms with E-state index in [0.29, 0.717) is 32.3 Å². The molecule has 29 heavy (non-hydrogen) atoms. The van der Waals surface area contributed by atoms with E-state index in [2.05, 4.69) is 65.8 Å². The maximum atomic E-state index is 13.5. The van der Waals surface area contributed by atoms with Crippen molar-refractivity contribution in [1.82, 2.24) is 15.4 Å². The van der Waals surface area contributed by atoms with Gasteiger partial charge >= 0.3 is 0 Å². The smallest absolute Gasteiger partial charge is 0.254 e. The monoisotopic (exact) mass is 411 g/mol. The molecule has 0 aromatic carbocycles. The summed E-state index contributed by atoms with van der Waals surface area (Å²) in [6, 6.07) is 0. The van der Waals surface area contributed by atoms with Crippen molar-refractivity contribution in [2.45, 2.75) is 121 Å². The summed E-state index contributed by atoms with van der Waals surface area (Å²) in [7, 11) is 1.70. The third-order valence-corrected chi connectivity index (χ3v) is 6.66. The van der Waals surface area contributed by atoms with E-state index >= 15 is 0 Å². The van der Waals surface area contributed by atoms with Crippen LogP contribution in [0.1, 0.15) is 88.0 Å². The van der Waals surface area contributed by atoms with E-state index < -0.39 is 11.3 Å². The Morgan fingerprint density at radius 2 is 1.31 bits per heavy atom. The van der Waals surface area contributed by atoms with Gasteiger partial charge in [0.15, 0.2) is 5.60 Å². The van der Waals surface area contributed by atoms with Crippen LogP contribution in [0.25, 0.3) is 0 Å². The first kappa shape index (κ1) is 22.9. The quantitative estimate of drug-likeness (QED) is 0.768. The number of carbonyl (C=O) groups excluding carboxylic acids is 1. The van der Waals surface area contributed by atoms with E-state index in [1.165, 1.54) is 0 Å². The van der Waals surface area contributed by atoms with Crippen molar-refractivity contribution >= 4 is 5.91 Å². The molecule has 0 aromatic rings. The molecule has 0 bridgehead atoms. The van der Waals surface area contributed by atoms with E-state index in [1.54, 1.807) is 7.11 Å². The van der Waals surface area contributed by atoms with Crippen LogP contribution in [0.2, 0.25) is 0 Å². The number of hydroxylamine groups is 4. The van der Waals surface area contributed by atoms with Crippen LogP contribution >= 0.6 is 0 Å². The van der Waals surface area contributed by atoms with Gasteiger partial charge in [-0.15, -0.1) is 0 Å². The molecule has 0 atom stereocenters. The molecule has 0 unspecified atom stereocenters. The lowest BCUT2D eigenvalue weighted by Crippen LogP contribution is -2.68. The van der Waals surface area contributed by atoms with Crippen LogP contribution in [0.15, 0.2) is 0 Å². The Bertz CT molecular complexity index is 635. The largest absolute Gasteiger partial charge is 0.339 e. The van der Waals surface area contributed by atoms with E-state index in [1.807, 2.05) is 12.0 Å². The molecule has 0 saturated carbocycles. The number of nitrogens with one attached hydrogen (secondary N) is 1. The fraction of sp³-hybridized carbons (Fsp3) is 0.955. The highest BCUT2D eigenvalue weighted by atomic mass is 16.7. The molecule has 3 saturated heterocycles. The summed E-state index contributed by atoms with van der Waals surface area (Å²) in [5.41, 5.74) is -2.79. The molecule has 0 aromatic heterocycles. The average Bonchev–Trinajstić information content (AvgIpc) is 2.69. The molecule has 7 heteroatoms. The zero-order chi connectivity index (χ0) is 22.1. The Morgan fingerprint density at radius 1 is 0.862 bits per heavy atom. The summed E-state index contributed by atoms with van der Waals surface area (Å²) in [4.78, 5) is 25.2. The molecule has 0 aliphatic carbocycles. The van der Waals surface area contributed by atoms with E-state index in [4.69, 9.17) is 14.4 Å². The highest BCUT2D eigenvalue weighted by Gasteiger charge is 2.67. The Balaban J connectivity index is 1.96. The second kappa shape index (κ2) is 6.63. The number of ether oxygens (including phenoxy) is 1. The van der Waals surface area contributed by atoms with Gasteiger partial charge in [-0.05, 0) is 62.3 Å². The number of rotatable bonds is 3. The highest BCUT2D eigenvalue weighted by Crippen LogP contribution is 2.54. The minimum Gasteiger partial charge on any atom is -0.339 e. The fourth-order valence-electron chi connectivity index (χ4n) is 6.98. The van der Waals surface area contributed by atoms with Gasteiger partial charge in [-0.25, -0.2) is 0 Å². The third-order valence-electron chi connectivity index (χ3n) is 6.66. The number of nitrogens with zero attached hydrogens (tertiary/aromatic N) is 2. The molecule has 3 aliphatic heterocycles. The summed E-state index contributed by atoms with van der Waals surface area (Å²) >= 11 is 0. The van der Waals surface area contributed by atoms with E-state index in [0.717, 1.165) is 0 Å². The number of carbonyl (C=O) groups is 1. The van der Waals surface area contributed by atoms with E-state index in [9.17, 15) is 4.79 Å². The van der Waals surface area contributed by atoms with Gasteiger partial charge in [0.2, 0.25) is 0 Å². The second-order valence-corrected chi connectivity index (χ2v) is 11.7. The van der Waals surface area contributed by atoms with Crippen molar-refractivity contribution in [2.75, 3.05) is 13.7 Å². The SMILES string of the molecule is CCON1C(C)(C)CC2(CC1(C)C)NC(=O)C1(CC(C)(C)N(OC)C(C)(C)C1)O2. The standard InChI is InChI=1S/C22H41N3O4/c1-11-28-25-19(6,7)14-22(15-20(25,8)9)23-16(26)21(29-22)12-17(2,3)24(27-10)18(4,5)13-21/h11-15H2,1-10H3,(H,23,26). The molecule has 2 spiro atoms. The van der Waals surface area contributed by atoms with Crippen molar-refractivity contribution in [3.63, 3.8) is 0 Å². The predicted octanol–water partition coefficient (Wildman–Crippen LogP) is 3.39. The van der Waals surface area contributed by atoms with Crippen LogP contribution < -0.4 is 5.32 Å². The Kier molecular flexibility index (Phi) is 5.25. The summed E-state index contributed by atoms with van der Waals surface area (Å²) in [6.45, 7) is 19.7. The predicted molar refractivity (Wildman–Crippen MR) is 112 cm³/mol. The lowest BCUT2D eigenvalue weighted by molar-refractivity contribution is -0.326. The lowest BCUT2D eigenvalue weighted by Gasteiger charge is -2.58. The van der Waals surface area contributed by atoms with Crippen LogP contribution in [0.4, 0.5) is 0 Å². The Hall–Kier alpha value is -0.730. The summed E-state index contributed by atoms with van der Waals surface area (Å²) < 4.78 is 6.87. The molecule has 3 fully saturated rings. The molecule has 168 valence electrons. The van der Waals surface area contributed by atoms with Gasteiger partial charge in [-0.2, -0.15) is 10.1 Å². The van der Waals surface area contributed by atoms with Crippen LogP contribution in [-0.2, 0) is 19.2 Å². The van der Waals surface area contributed by atoms with Crippen LogP contribution in [0.3, 0.4) is 0 Å². The van der Waals surface area contributed by atoms with Crippen molar-refractivity contribution in [2.24, 2.45) is 0 Å². The van der Waals surface area contributed by atoms with Crippen molar-refractivity contribution in [1.29, 1.82) is 0 Å². The van der Waals surface area contributed by atoms with Gasteiger partial charge in [0.05, 0.1) is 13.7 Å². The minimum atomic E-state index is -0.859. The van der Waals surface area contributed by atoms with Gasteiger partial charge in [0.1, 0.15) is 5.72 Å². The number of piperidine rings is 2. The van der Waals surface area contributed by atoms with Gasteiger partial charge in [-0.1, -0.05) is 0 Å². The maximum Gasteiger partial charge on any atom is 0.254 e. The van der Waals surface area contributed by atoms with Gasteiger partial charge < -0.3 is 14.9 Å². The Morgan fingerprint density at radius 3 is 1.72 bits per heavy atom. The number of hydrogen-bond acceptors (Lipinski definition) is 6. The first-order valence-electron chi connectivity index (χ1n) is 10.9. The van der Waals surface area contributed by atoms with Gasteiger partial charge in [-0.3, -0.25) is 9.63 Å². The molecule has 0 radical (unpaired) electrons. The summed E-state index contributed by atoms with van der Waals surface area (Å²) in [5.74, 6) is 0.00543. The topological polar surface area (TPSA) is 63.3 Å². The Labute approximate surface area is 176 Å². The number of amides is 1. The van der Waals surface area contributed by atoms with Crippen molar-refractivity contribution in [3.8, 4) is 0 Å². The van der Waals surface area contributed by atoms with Crippen LogP contribution in [0.5, 0.6) is 0 Å². The average molecular weight is 412 g/mol. The first-order valence-corrected chi connectivity index (χ1v) is 10.9. The molecule has 7 nitrogen and oxygen atoms in total. The first-order chi connectivity index (χ1) is 13.0. The maximum absolute atomic E-state index is 13.5. The van der Waals surface area contributed by atoms with Gasteiger partial charge in [0, 0.05) is 47.8 Å². The second-order valence-electron chi connectivity index (χ2n) is 11.7. The zero-order valence-corrected chi connectivity index (χ0v) is 20.1. The molecule has 1 amide bonds. The molecule has 3 heterocycles. The molecule has 3 rings (SSSR count). The van der Waals surface area contributed by atoms with Gasteiger partial charge in [0.25, 0.3) is 5.91 Å². The number of hydrogen-bond donors (Lipinski definition) is 1. The zero-order valence-electron chi connectivity index (χ0n) is 20.1. The molecular weight excluding hydrogens is 370 g/mol. The van der Waals surface area contributed by atoms with Crippen LogP contribution in [0, 0.1) is 0 Å². The molecular formula is C22H41N3O4. The summed E-state index contributed by atoms with van der Waals surface area (Å²) in [6.07, 6.45) is 2.51. The van der Waals surface area contributed by atoms with Crippen molar-refractivity contribution < 1.29 is 19.2 Å². The third kappa shape index (κ3) is 3.63. The highest BCUT2D eigenvalue weighted by molar-refractivity contribution is 5.88. The molecule has 3 aliphatic rings. The fourth-order valence-corrected chi connectivity index (χ4v) is 6.98. The lowest BCUT2D eigenvalue weighted by atomic mass is 9.72. The normalized spacial score (nSPS) is 31.9. The minimum absolute atomic E-state index is 0.00543. The molecule has 1 N–H and O–H groups in total. The van der Waals surface area contributed by atoms with Crippen LogP contribution in [-0.4, -0.2) is 63.2 Å². The van der Waals surface area contributed by atoms with Crippen molar-refractivity contribution in [3.05, 3.63) is 0 Å². The van der Waals surface area contributed by atoms with E-state index in [-0.39, 0.29) is 28.1 Å². The summed E-state index contributed by atoms with van der Waals surface area (Å²) in [5, 5.41) is 7.41.